The number of pyridine rings is 1. The summed E-state index contributed by atoms with van der Waals surface area (Å²) in [4.78, 5) is 6.50. The minimum atomic E-state index is 0.230. The van der Waals surface area contributed by atoms with Crippen LogP contribution in [-0.4, -0.2) is 35.6 Å². The van der Waals surface area contributed by atoms with Crippen LogP contribution >= 0.6 is 0 Å². The van der Waals surface area contributed by atoms with Crippen LogP contribution in [-0.2, 0) is 0 Å². The first kappa shape index (κ1) is 14.3. The highest BCUT2D eigenvalue weighted by Crippen LogP contribution is 2.19. The highest BCUT2D eigenvalue weighted by molar-refractivity contribution is 5.69. The number of hydrogen-bond donors (Lipinski definition) is 2. The predicted octanol–water partition coefficient (Wildman–Crippen LogP) is 1.68. The van der Waals surface area contributed by atoms with E-state index in [9.17, 15) is 0 Å². The molecule has 1 rings (SSSR count). The average molecular weight is 247 g/mol. The summed E-state index contributed by atoms with van der Waals surface area (Å²) >= 11 is 0. The van der Waals surface area contributed by atoms with Crippen molar-refractivity contribution in [1.29, 1.82) is 5.26 Å². The van der Waals surface area contributed by atoms with E-state index in [1.165, 1.54) is 0 Å². The van der Waals surface area contributed by atoms with E-state index in [1.807, 2.05) is 0 Å². The molecule has 5 heteroatoms. The lowest BCUT2D eigenvalue weighted by molar-refractivity contribution is 0.294. The number of nitrogens with one attached hydrogen (secondary N) is 1. The Bertz CT molecular complexity index is 420. The molecule has 18 heavy (non-hydrogen) atoms. The van der Waals surface area contributed by atoms with Crippen molar-refractivity contribution in [3.8, 4) is 6.07 Å². The largest absolute Gasteiger partial charge is 0.395 e. The Labute approximate surface area is 109 Å². The SMILES string of the molecule is CCN(CC)CC(C)Nc1nccc(C#N)c1N. The summed E-state index contributed by atoms with van der Waals surface area (Å²) in [6.07, 6.45) is 1.60. The van der Waals surface area contributed by atoms with Crippen molar-refractivity contribution in [2.24, 2.45) is 0 Å². The Hall–Kier alpha value is -1.80. The Morgan fingerprint density at radius 2 is 2.17 bits per heavy atom. The fourth-order valence-corrected chi connectivity index (χ4v) is 1.83. The van der Waals surface area contributed by atoms with Crippen molar-refractivity contribution < 1.29 is 0 Å². The number of hydrogen-bond acceptors (Lipinski definition) is 5. The molecule has 1 aromatic heterocycles. The zero-order valence-corrected chi connectivity index (χ0v) is 11.3. The standard InChI is InChI=1S/C13H21N5/c1-4-18(5-2)9-10(3)17-13-12(15)11(8-14)6-7-16-13/h6-7,10H,4-5,9,15H2,1-3H3,(H,16,17). The lowest BCUT2D eigenvalue weighted by Gasteiger charge is -2.24. The Morgan fingerprint density at radius 3 is 2.72 bits per heavy atom. The van der Waals surface area contributed by atoms with Gasteiger partial charge >= 0.3 is 0 Å². The molecule has 0 aliphatic heterocycles. The topological polar surface area (TPSA) is 78.0 Å². The normalized spacial score (nSPS) is 12.2. The number of nitrogens with two attached hydrogens (primary N) is 1. The van der Waals surface area contributed by atoms with Gasteiger partial charge < -0.3 is 16.0 Å². The zero-order chi connectivity index (χ0) is 13.5. The number of likely N-dealkylation sites (N-methyl/N-ethyl adjacent to an activating group) is 1. The van der Waals surface area contributed by atoms with Gasteiger partial charge in [0.05, 0.1) is 11.3 Å². The maximum absolute atomic E-state index is 8.90. The first-order valence-corrected chi connectivity index (χ1v) is 6.25. The molecule has 0 spiro atoms. The van der Waals surface area contributed by atoms with Gasteiger partial charge in [-0.05, 0) is 26.1 Å². The molecule has 0 radical (unpaired) electrons. The summed E-state index contributed by atoms with van der Waals surface area (Å²) in [5.41, 5.74) is 6.76. The quantitative estimate of drug-likeness (QED) is 0.799. The Kier molecular flexibility index (Phi) is 5.40. The first-order chi connectivity index (χ1) is 8.62. The van der Waals surface area contributed by atoms with Crippen molar-refractivity contribution in [3.63, 3.8) is 0 Å². The smallest absolute Gasteiger partial charge is 0.150 e. The summed E-state index contributed by atoms with van der Waals surface area (Å²) in [6, 6.07) is 3.91. The van der Waals surface area contributed by atoms with Crippen LogP contribution in [0.3, 0.4) is 0 Å². The number of rotatable bonds is 6. The highest BCUT2D eigenvalue weighted by Gasteiger charge is 2.11. The first-order valence-electron chi connectivity index (χ1n) is 6.25. The zero-order valence-electron chi connectivity index (χ0n) is 11.3. The molecule has 1 heterocycles. The van der Waals surface area contributed by atoms with Crippen molar-refractivity contribution in [2.75, 3.05) is 30.7 Å². The van der Waals surface area contributed by atoms with Crippen LogP contribution in [0.1, 0.15) is 26.3 Å². The minimum absolute atomic E-state index is 0.230. The Morgan fingerprint density at radius 1 is 1.50 bits per heavy atom. The van der Waals surface area contributed by atoms with E-state index in [0.29, 0.717) is 17.1 Å². The third-order valence-electron chi connectivity index (χ3n) is 2.92. The molecule has 0 saturated carbocycles. The second-order valence-corrected chi connectivity index (χ2v) is 4.26. The van der Waals surface area contributed by atoms with Crippen molar-refractivity contribution >= 4 is 11.5 Å². The van der Waals surface area contributed by atoms with Gasteiger partial charge in [-0.25, -0.2) is 4.98 Å². The van der Waals surface area contributed by atoms with Crippen LogP contribution in [0, 0.1) is 11.3 Å². The molecular formula is C13H21N5. The molecule has 0 aliphatic carbocycles. The number of nitrogen functional groups attached to an aromatic ring is 1. The monoisotopic (exact) mass is 247 g/mol. The molecule has 5 nitrogen and oxygen atoms in total. The summed E-state index contributed by atoms with van der Waals surface area (Å²) < 4.78 is 0. The summed E-state index contributed by atoms with van der Waals surface area (Å²) in [5.74, 6) is 0.591. The van der Waals surface area contributed by atoms with Gasteiger partial charge in [-0.1, -0.05) is 13.8 Å². The fourth-order valence-electron chi connectivity index (χ4n) is 1.83. The van der Waals surface area contributed by atoms with E-state index >= 15 is 0 Å². The maximum Gasteiger partial charge on any atom is 0.150 e. The third-order valence-corrected chi connectivity index (χ3v) is 2.92. The molecule has 0 aromatic carbocycles. The lowest BCUT2D eigenvalue weighted by Crippen LogP contribution is -2.35. The summed E-state index contributed by atoms with van der Waals surface area (Å²) in [7, 11) is 0. The Balaban J connectivity index is 2.70. The third kappa shape index (κ3) is 3.60. The van der Waals surface area contributed by atoms with E-state index in [0.717, 1.165) is 19.6 Å². The number of nitrogens with zero attached hydrogens (tertiary/aromatic N) is 3. The van der Waals surface area contributed by atoms with Gasteiger partial charge in [-0.3, -0.25) is 0 Å². The number of anilines is 2. The molecular weight excluding hydrogens is 226 g/mol. The molecule has 1 aromatic rings. The van der Waals surface area contributed by atoms with Gasteiger partial charge in [0.15, 0.2) is 5.82 Å². The molecule has 0 saturated heterocycles. The number of aromatic nitrogens is 1. The molecule has 1 atom stereocenters. The van der Waals surface area contributed by atoms with Gasteiger partial charge in [-0.15, -0.1) is 0 Å². The molecule has 0 fully saturated rings. The highest BCUT2D eigenvalue weighted by atomic mass is 15.1. The van der Waals surface area contributed by atoms with Crippen LogP contribution in [0.25, 0.3) is 0 Å². The van der Waals surface area contributed by atoms with E-state index in [4.69, 9.17) is 11.0 Å². The van der Waals surface area contributed by atoms with E-state index in [1.54, 1.807) is 12.3 Å². The van der Waals surface area contributed by atoms with E-state index in [2.05, 4.69) is 42.0 Å². The van der Waals surface area contributed by atoms with Gasteiger partial charge in [0.25, 0.3) is 0 Å². The van der Waals surface area contributed by atoms with Crippen molar-refractivity contribution in [3.05, 3.63) is 17.8 Å². The van der Waals surface area contributed by atoms with Crippen LogP contribution in [0.5, 0.6) is 0 Å². The molecule has 98 valence electrons. The van der Waals surface area contributed by atoms with E-state index < -0.39 is 0 Å². The molecule has 3 N–H and O–H groups in total. The van der Waals surface area contributed by atoms with Gasteiger partial charge in [0.1, 0.15) is 6.07 Å². The summed E-state index contributed by atoms with van der Waals surface area (Å²) in [6.45, 7) is 9.31. The maximum atomic E-state index is 8.90. The van der Waals surface area contributed by atoms with Crippen LogP contribution in [0.2, 0.25) is 0 Å². The van der Waals surface area contributed by atoms with Gasteiger partial charge in [0.2, 0.25) is 0 Å². The van der Waals surface area contributed by atoms with Gasteiger partial charge in [0, 0.05) is 18.8 Å². The van der Waals surface area contributed by atoms with Crippen LogP contribution in [0.15, 0.2) is 12.3 Å². The van der Waals surface area contributed by atoms with Crippen LogP contribution in [0.4, 0.5) is 11.5 Å². The van der Waals surface area contributed by atoms with Crippen molar-refractivity contribution in [1.82, 2.24) is 9.88 Å². The second-order valence-electron chi connectivity index (χ2n) is 4.26. The molecule has 1 unspecified atom stereocenters. The van der Waals surface area contributed by atoms with E-state index in [-0.39, 0.29) is 6.04 Å². The molecule has 0 amide bonds. The van der Waals surface area contributed by atoms with Crippen molar-refractivity contribution in [2.45, 2.75) is 26.8 Å². The van der Waals surface area contributed by atoms with Gasteiger partial charge in [-0.2, -0.15) is 5.26 Å². The number of nitriles is 1. The lowest BCUT2D eigenvalue weighted by atomic mass is 10.2. The molecule has 0 aliphatic rings. The minimum Gasteiger partial charge on any atom is -0.395 e. The second kappa shape index (κ2) is 6.82. The summed E-state index contributed by atoms with van der Waals surface area (Å²) in [5, 5.41) is 12.2. The van der Waals surface area contributed by atoms with Crippen LogP contribution < -0.4 is 11.1 Å². The predicted molar refractivity (Wildman–Crippen MR) is 74.2 cm³/mol. The average Bonchev–Trinajstić information content (AvgIpc) is 2.38. The fraction of sp³-hybridized carbons (Fsp3) is 0.538. The molecule has 0 bridgehead atoms.